The Kier molecular flexibility index (Phi) is 3.22. The number of hydrogen-bond acceptors (Lipinski definition) is 1. The number of thiol groups is 1. The molecule has 0 atom stereocenters. The molecule has 0 fully saturated rings. The van der Waals surface area contributed by atoms with Crippen LogP contribution >= 0.6 is 12.6 Å². The highest BCUT2D eigenvalue weighted by Gasteiger charge is 2.02. The molecule has 0 aliphatic heterocycles. The Morgan fingerprint density at radius 1 is 1.75 bits per heavy atom. The van der Waals surface area contributed by atoms with Crippen molar-refractivity contribution < 1.29 is 4.79 Å². The Labute approximate surface area is 77.2 Å². The van der Waals surface area contributed by atoms with E-state index in [9.17, 15) is 4.79 Å². The van der Waals surface area contributed by atoms with Crippen LogP contribution < -0.4 is 0 Å². The molecular weight excluding hydrogens is 172 g/mol. The topological polar surface area (TPSA) is 36.1 Å². The summed E-state index contributed by atoms with van der Waals surface area (Å²) in [5, 5.41) is -0.193. The average molecular weight is 184 g/mol. The first-order chi connectivity index (χ1) is 5.70. The fourth-order valence-electron chi connectivity index (χ4n) is 0.907. The minimum absolute atomic E-state index is 0.193. The summed E-state index contributed by atoms with van der Waals surface area (Å²) >= 11 is 3.70. The molecule has 0 saturated heterocycles. The Hall–Kier alpha value is -0.900. The molecule has 3 nitrogen and oxygen atoms in total. The van der Waals surface area contributed by atoms with Gasteiger partial charge >= 0.3 is 0 Å². The van der Waals surface area contributed by atoms with Crippen molar-refractivity contribution in [2.45, 2.75) is 6.42 Å². The molecule has 1 heterocycles. The predicted octanol–water partition coefficient (Wildman–Crippen LogP) is 1.54. The number of likely N-dealkylation sites (N-methyl/N-ethyl adjacent to an activating group) is 1. The third kappa shape index (κ3) is 2.62. The summed E-state index contributed by atoms with van der Waals surface area (Å²) in [7, 11) is 1.73. The molecule has 1 N–H and O–H groups in total. The lowest BCUT2D eigenvalue weighted by Gasteiger charge is -2.12. The summed E-state index contributed by atoms with van der Waals surface area (Å²) in [4.78, 5) is 15.3. The first-order valence-electron chi connectivity index (χ1n) is 3.76. The summed E-state index contributed by atoms with van der Waals surface area (Å²) < 4.78 is 0. The molecule has 0 aliphatic carbocycles. The normalized spacial score (nSPS) is 9.83. The van der Waals surface area contributed by atoms with E-state index in [-0.39, 0.29) is 5.24 Å². The van der Waals surface area contributed by atoms with E-state index >= 15 is 0 Å². The largest absolute Gasteiger partial charge is 0.365 e. The maximum Gasteiger partial charge on any atom is 0.278 e. The van der Waals surface area contributed by atoms with Crippen LogP contribution in [0.15, 0.2) is 18.3 Å². The van der Waals surface area contributed by atoms with E-state index in [0.717, 1.165) is 12.1 Å². The number of hydrogen-bond donors (Lipinski definition) is 2. The van der Waals surface area contributed by atoms with Gasteiger partial charge in [-0.15, -0.1) is 0 Å². The maximum absolute atomic E-state index is 10.7. The first kappa shape index (κ1) is 9.19. The molecule has 0 unspecified atom stereocenters. The predicted molar refractivity (Wildman–Crippen MR) is 51.5 cm³/mol. The van der Waals surface area contributed by atoms with Gasteiger partial charge in [0.1, 0.15) is 0 Å². The van der Waals surface area contributed by atoms with Gasteiger partial charge in [0.05, 0.1) is 0 Å². The molecule has 0 aromatic carbocycles. The zero-order valence-electron chi connectivity index (χ0n) is 6.95. The number of H-pyrrole nitrogens is 1. The number of nitrogens with zero attached hydrogens (tertiary/aromatic N) is 1. The van der Waals surface area contributed by atoms with Gasteiger partial charge < -0.3 is 9.88 Å². The van der Waals surface area contributed by atoms with Crippen molar-refractivity contribution in [2.75, 3.05) is 13.6 Å². The summed E-state index contributed by atoms with van der Waals surface area (Å²) in [6.45, 7) is 0.697. The minimum Gasteiger partial charge on any atom is -0.365 e. The van der Waals surface area contributed by atoms with Gasteiger partial charge in [-0.25, -0.2) is 0 Å². The fraction of sp³-hybridized carbons (Fsp3) is 0.375. The summed E-state index contributed by atoms with van der Waals surface area (Å²) in [5.74, 6) is 0. The highest BCUT2D eigenvalue weighted by Crippen LogP contribution is 1.98. The van der Waals surface area contributed by atoms with Gasteiger partial charge in [0.2, 0.25) is 0 Å². The molecule has 0 saturated carbocycles. The smallest absolute Gasteiger partial charge is 0.278 e. The van der Waals surface area contributed by atoms with Gasteiger partial charge in [0.25, 0.3) is 5.24 Å². The first-order valence-corrected chi connectivity index (χ1v) is 4.21. The van der Waals surface area contributed by atoms with Crippen LogP contribution in [0.3, 0.4) is 0 Å². The molecule has 0 radical (unpaired) electrons. The molecule has 12 heavy (non-hydrogen) atoms. The van der Waals surface area contributed by atoms with E-state index in [2.05, 4.69) is 17.6 Å². The lowest BCUT2D eigenvalue weighted by Crippen LogP contribution is -2.23. The van der Waals surface area contributed by atoms with Crippen LogP contribution in [0, 0.1) is 0 Å². The van der Waals surface area contributed by atoms with Crippen molar-refractivity contribution in [1.82, 2.24) is 9.88 Å². The lowest BCUT2D eigenvalue weighted by molar-refractivity contribution is 0.234. The zero-order valence-corrected chi connectivity index (χ0v) is 7.84. The maximum atomic E-state index is 10.7. The second-order valence-corrected chi connectivity index (χ2v) is 3.03. The summed E-state index contributed by atoms with van der Waals surface area (Å²) in [6.07, 6.45) is 2.72. The monoisotopic (exact) mass is 184 g/mol. The molecular formula is C8H12N2OS. The van der Waals surface area contributed by atoms with Gasteiger partial charge in [-0.05, 0) is 12.1 Å². The van der Waals surface area contributed by atoms with Crippen molar-refractivity contribution in [3.05, 3.63) is 24.0 Å². The van der Waals surface area contributed by atoms with Gasteiger partial charge in [-0.3, -0.25) is 4.79 Å². The van der Waals surface area contributed by atoms with Crippen molar-refractivity contribution >= 4 is 17.9 Å². The van der Waals surface area contributed by atoms with Crippen LogP contribution in [0.5, 0.6) is 0 Å². The van der Waals surface area contributed by atoms with Crippen LogP contribution in [0.2, 0.25) is 0 Å². The molecule has 4 heteroatoms. The fourth-order valence-corrected chi connectivity index (χ4v) is 1.01. The number of aromatic nitrogens is 1. The van der Waals surface area contributed by atoms with Crippen LogP contribution in [0.1, 0.15) is 5.69 Å². The van der Waals surface area contributed by atoms with Gasteiger partial charge in [0.15, 0.2) is 0 Å². The van der Waals surface area contributed by atoms with Crippen LogP contribution in [-0.2, 0) is 6.42 Å². The quantitative estimate of drug-likeness (QED) is 0.687. The van der Waals surface area contributed by atoms with Crippen LogP contribution in [0.4, 0.5) is 4.79 Å². The van der Waals surface area contributed by atoms with E-state index in [1.54, 1.807) is 11.9 Å². The van der Waals surface area contributed by atoms with Crippen molar-refractivity contribution in [1.29, 1.82) is 0 Å². The van der Waals surface area contributed by atoms with Crippen LogP contribution in [-0.4, -0.2) is 28.7 Å². The molecule has 1 amide bonds. The van der Waals surface area contributed by atoms with Gasteiger partial charge in [0, 0.05) is 31.9 Å². The number of carbonyl (C=O) groups is 1. The van der Waals surface area contributed by atoms with E-state index in [1.165, 1.54) is 0 Å². The minimum atomic E-state index is -0.193. The highest BCUT2D eigenvalue weighted by molar-refractivity contribution is 7.96. The summed E-state index contributed by atoms with van der Waals surface area (Å²) in [5.41, 5.74) is 1.14. The van der Waals surface area contributed by atoms with Crippen molar-refractivity contribution in [2.24, 2.45) is 0 Å². The lowest BCUT2D eigenvalue weighted by atomic mass is 10.3. The molecule has 1 aromatic heterocycles. The van der Waals surface area contributed by atoms with Gasteiger partial charge in [-0.2, -0.15) is 0 Å². The Bertz CT molecular complexity index is 246. The second kappa shape index (κ2) is 4.21. The molecule has 0 bridgehead atoms. The Morgan fingerprint density at radius 2 is 2.50 bits per heavy atom. The molecule has 0 spiro atoms. The van der Waals surface area contributed by atoms with E-state index < -0.39 is 0 Å². The number of nitrogens with one attached hydrogen (secondary N) is 1. The average Bonchev–Trinajstić information content (AvgIpc) is 2.51. The standard InChI is InChI=1S/C8H12N2OS/c1-10(8(11)12)6-4-7-3-2-5-9-7/h2-3,5,9H,4,6H2,1H3,(H,11,12). The van der Waals surface area contributed by atoms with Crippen molar-refractivity contribution in [3.63, 3.8) is 0 Å². The number of rotatable bonds is 3. The molecule has 66 valence electrons. The zero-order chi connectivity index (χ0) is 8.97. The third-order valence-corrected chi connectivity index (χ3v) is 2.05. The second-order valence-electron chi connectivity index (χ2n) is 2.65. The van der Waals surface area contributed by atoms with Gasteiger partial charge in [-0.1, -0.05) is 12.6 Å². The highest BCUT2D eigenvalue weighted by atomic mass is 32.1. The molecule has 1 aromatic rings. The number of amides is 1. The number of aromatic amines is 1. The number of carbonyl (C=O) groups excluding carboxylic acids is 1. The Morgan fingerprint density at radius 3 is 3.00 bits per heavy atom. The molecule has 1 rings (SSSR count). The van der Waals surface area contributed by atoms with E-state index in [0.29, 0.717) is 6.54 Å². The van der Waals surface area contributed by atoms with Crippen molar-refractivity contribution in [3.8, 4) is 0 Å². The SMILES string of the molecule is CN(CCc1ccc[nH]1)C(=O)S. The van der Waals surface area contributed by atoms with E-state index in [1.807, 2.05) is 18.3 Å². The van der Waals surface area contributed by atoms with Crippen LogP contribution in [0.25, 0.3) is 0 Å². The summed E-state index contributed by atoms with van der Waals surface area (Å²) in [6, 6.07) is 3.94. The third-order valence-electron chi connectivity index (χ3n) is 1.71. The Balaban J connectivity index is 2.31. The van der Waals surface area contributed by atoms with E-state index in [4.69, 9.17) is 0 Å². The molecule has 0 aliphatic rings.